The number of aromatic nitrogens is 2. The summed E-state index contributed by atoms with van der Waals surface area (Å²) in [6.07, 6.45) is 1.88. The van der Waals surface area contributed by atoms with Gasteiger partial charge in [-0.2, -0.15) is 0 Å². The van der Waals surface area contributed by atoms with E-state index in [2.05, 4.69) is 5.10 Å². The molecule has 0 bridgehead atoms. The molecule has 0 aliphatic rings. The minimum atomic E-state index is -0.209. The van der Waals surface area contributed by atoms with Crippen LogP contribution < -0.4 is 5.56 Å². The molecule has 2 aromatic rings. The Kier molecular flexibility index (Phi) is 2.78. The third-order valence-corrected chi connectivity index (χ3v) is 2.31. The van der Waals surface area contributed by atoms with E-state index in [0.29, 0.717) is 17.7 Å². The van der Waals surface area contributed by atoms with Crippen molar-refractivity contribution in [2.45, 2.75) is 6.42 Å². The summed E-state index contributed by atoms with van der Waals surface area (Å²) in [5.74, 6) is 0.0997. The summed E-state index contributed by atoms with van der Waals surface area (Å²) >= 11 is 0. The monoisotopic (exact) mass is 220 g/mol. The first kappa shape index (κ1) is 10.5. The summed E-state index contributed by atoms with van der Waals surface area (Å²) in [7, 11) is 0. The molecule has 1 aromatic carbocycles. The summed E-state index contributed by atoms with van der Waals surface area (Å²) < 4.78 is 1.32. The van der Waals surface area contributed by atoms with Crippen molar-refractivity contribution in [1.82, 2.24) is 9.78 Å². The standard InChI is InChI=1S/C11H12N2O3/c14-5-4-8-7-12-13(11(8)16)9-2-1-3-10(15)6-9/h1-3,6-7,12,14-15H,4-5H2. The average Bonchev–Trinajstić information content (AvgIpc) is 2.61. The highest BCUT2D eigenvalue weighted by molar-refractivity contribution is 5.38. The molecule has 0 radical (unpaired) electrons. The van der Waals surface area contributed by atoms with Crippen LogP contribution in [0.25, 0.3) is 5.69 Å². The van der Waals surface area contributed by atoms with Crippen molar-refractivity contribution in [1.29, 1.82) is 0 Å². The second-order valence-corrected chi connectivity index (χ2v) is 3.43. The Labute approximate surface area is 91.6 Å². The number of aromatic amines is 1. The first-order chi connectivity index (χ1) is 7.72. The lowest BCUT2D eigenvalue weighted by Gasteiger charge is -2.01. The van der Waals surface area contributed by atoms with Gasteiger partial charge in [0, 0.05) is 30.9 Å². The summed E-state index contributed by atoms with van der Waals surface area (Å²) in [6, 6.07) is 6.39. The highest BCUT2D eigenvalue weighted by Crippen LogP contribution is 2.13. The Balaban J connectivity index is 2.45. The molecule has 5 heteroatoms. The number of rotatable bonds is 3. The molecule has 84 valence electrons. The van der Waals surface area contributed by atoms with E-state index in [1.165, 1.54) is 16.8 Å². The molecule has 0 unspecified atom stereocenters. The molecule has 0 spiro atoms. The number of phenols is 1. The summed E-state index contributed by atoms with van der Waals surface area (Å²) in [5.41, 5.74) is 0.875. The predicted molar refractivity (Wildman–Crippen MR) is 58.8 cm³/mol. The van der Waals surface area contributed by atoms with Crippen molar-refractivity contribution in [2.75, 3.05) is 6.61 Å². The van der Waals surface area contributed by atoms with Crippen LogP contribution >= 0.6 is 0 Å². The molecule has 16 heavy (non-hydrogen) atoms. The topological polar surface area (TPSA) is 78.2 Å². The van der Waals surface area contributed by atoms with Crippen molar-refractivity contribution in [2.24, 2.45) is 0 Å². The number of aromatic hydroxyl groups is 1. The molecule has 0 amide bonds. The van der Waals surface area contributed by atoms with E-state index < -0.39 is 0 Å². The van der Waals surface area contributed by atoms with Crippen LogP contribution in [0.1, 0.15) is 5.56 Å². The van der Waals surface area contributed by atoms with Crippen LogP contribution in [0.4, 0.5) is 0 Å². The van der Waals surface area contributed by atoms with Gasteiger partial charge in [-0.05, 0) is 12.1 Å². The number of aliphatic hydroxyl groups is 1. The fraction of sp³-hybridized carbons (Fsp3) is 0.182. The van der Waals surface area contributed by atoms with Gasteiger partial charge in [0.25, 0.3) is 5.56 Å². The highest BCUT2D eigenvalue weighted by Gasteiger charge is 2.07. The van der Waals surface area contributed by atoms with Crippen molar-refractivity contribution in [3.8, 4) is 11.4 Å². The number of H-pyrrole nitrogens is 1. The lowest BCUT2D eigenvalue weighted by molar-refractivity contribution is 0.299. The van der Waals surface area contributed by atoms with Gasteiger partial charge in [0.1, 0.15) is 5.75 Å². The maximum atomic E-state index is 11.8. The van der Waals surface area contributed by atoms with E-state index in [9.17, 15) is 9.90 Å². The van der Waals surface area contributed by atoms with Gasteiger partial charge in [0.2, 0.25) is 0 Å². The maximum absolute atomic E-state index is 11.8. The van der Waals surface area contributed by atoms with Gasteiger partial charge >= 0.3 is 0 Å². The van der Waals surface area contributed by atoms with Crippen LogP contribution in [-0.4, -0.2) is 26.6 Å². The lowest BCUT2D eigenvalue weighted by atomic mass is 10.2. The molecule has 5 nitrogen and oxygen atoms in total. The number of hydrogen-bond acceptors (Lipinski definition) is 3. The van der Waals surface area contributed by atoms with Crippen LogP contribution in [0.3, 0.4) is 0 Å². The molecule has 0 atom stereocenters. The number of hydrogen-bond donors (Lipinski definition) is 3. The fourth-order valence-corrected chi connectivity index (χ4v) is 1.53. The van der Waals surface area contributed by atoms with Crippen molar-refractivity contribution in [3.63, 3.8) is 0 Å². The highest BCUT2D eigenvalue weighted by atomic mass is 16.3. The Morgan fingerprint density at radius 2 is 2.19 bits per heavy atom. The van der Waals surface area contributed by atoms with Crippen LogP contribution in [0.2, 0.25) is 0 Å². The third-order valence-electron chi connectivity index (χ3n) is 2.31. The lowest BCUT2D eigenvalue weighted by Crippen LogP contribution is -2.17. The first-order valence-corrected chi connectivity index (χ1v) is 4.92. The van der Waals surface area contributed by atoms with Crippen LogP contribution in [0.5, 0.6) is 5.75 Å². The number of nitrogens with one attached hydrogen (secondary N) is 1. The van der Waals surface area contributed by atoms with Crippen LogP contribution in [0, 0.1) is 0 Å². The number of aliphatic hydroxyl groups excluding tert-OH is 1. The average molecular weight is 220 g/mol. The van der Waals surface area contributed by atoms with E-state index in [-0.39, 0.29) is 17.9 Å². The number of nitrogens with zero attached hydrogens (tertiary/aromatic N) is 1. The van der Waals surface area contributed by atoms with Gasteiger partial charge in [-0.25, -0.2) is 4.68 Å². The second kappa shape index (κ2) is 4.24. The van der Waals surface area contributed by atoms with E-state index in [1.54, 1.807) is 18.3 Å². The Hall–Kier alpha value is -2.01. The third kappa shape index (κ3) is 1.85. The number of phenolic OH excluding ortho intramolecular Hbond substituents is 1. The van der Waals surface area contributed by atoms with E-state index in [1.807, 2.05) is 0 Å². The normalized spacial score (nSPS) is 10.6. The molecule has 1 aromatic heterocycles. The van der Waals surface area contributed by atoms with E-state index in [4.69, 9.17) is 5.11 Å². The minimum absolute atomic E-state index is 0.0624. The molecule has 0 saturated carbocycles. The number of benzene rings is 1. The van der Waals surface area contributed by atoms with Gasteiger partial charge in [-0.3, -0.25) is 9.89 Å². The molecule has 2 rings (SSSR count). The Morgan fingerprint density at radius 3 is 2.88 bits per heavy atom. The van der Waals surface area contributed by atoms with Crippen LogP contribution in [0.15, 0.2) is 35.3 Å². The van der Waals surface area contributed by atoms with Crippen LogP contribution in [-0.2, 0) is 6.42 Å². The van der Waals surface area contributed by atoms with Crippen molar-refractivity contribution >= 4 is 0 Å². The van der Waals surface area contributed by atoms with Gasteiger partial charge in [-0.1, -0.05) is 6.07 Å². The summed E-state index contributed by atoms with van der Waals surface area (Å²) in [5, 5.41) is 20.9. The zero-order valence-corrected chi connectivity index (χ0v) is 8.55. The first-order valence-electron chi connectivity index (χ1n) is 4.92. The van der Waals surface area contributed by atoms with Crippen molar-refractivity contribution < 1.29 is 10.2 Å². The van der Waals surface area contributed by atoms with Gasteiger partial charge < -0.3 is 10.2 Å². The second-order valence-electron chi connectivity index (χ2n) is 3.43. The quantitative estimate of drug-likeness (QED) is 0.700. The smallest absolute Gasteiger partial charge is 0.274 e. The SMILES string of the molecule is O=c1c(CCO)c[nH]n1-c1cccc(O)c1. The molecule has 3 N–H and O–H groups in total. The van der Waals surface area contributed by atoms with E-state index in [0.717, 1.165) is 0 Å². The zero-order valence-electron chi connectivity index (χ0n) is 8.55. The Bertz CT molecular complexity index is 542. The predicted octanol–water partition coefficient (Wildman–Crippen LogP) is 0.406. The van der Waals surface area contributed by atoms with Gasteiger partial charge in [-0.15, -0.1) is 0 Å². The Morgan fingerprint density at radius 1 is 1.38 bits per heavy atom. The van der Waals surface area contributed by atoms with Gasteiger partial charge in [0.05, 0.1) is 5.69 Å². The molecule has 0 saturated heterocycles. The molecular weight excluding hydrogens is 208 g/mol. The minimum Gasteiger partial charge on any atom is -0.508 e. The van der Waals surface area contributed by atoms with E-state index >= 15 is 0 Å². The summed E-state index contributed by atoms with van der Waals surface area (Å²) in [4.78, 5) is 11.8. The fourth-order valence-electron chi connectivity index (χ4n) is 1.53. The molecule has 0 aliphatic carbocycles. The molecular formula is C11H12N2O3. The zero-order chi connectivity index (χ0) is 11.5. The molecule has 0 fully saturated rings. The molecule has 1 heterocycles. The summed E-state index contributed by atoms with van der Waals surface area (Å²) in [6.45, 7) is -0.0624. The van der Waals surface area contributed by atoms with Crippen molar-refractivity contribution in [3.05, 3.63) is 46.4 Å². The van der Waals surface area contributed by atoms with Gasteiger partial charge in [0.15, 0.2) is 0 Å². The largest absolute Gasteiger partial charge is 0.508 e. The molecule has 0 aliphatic heterocycles. The maximum Gasteiger partial charge on any atom is 0.274 e.